The quantitative estimate of drug-likeness (QED) is 0.183. The number of hydrogen-bond donors (Lipinski definition) is 4. The Labute approximate surface area is 224 Å². The standard InChI is InChI=1S/C25H20Cl2N6O2.C2H6/c26-17-3-1-2-14(8-17)21(11-28)32-24(34)20-10-16(12-29-20)23-19(27)13-30-25(33-23)31-18-4-5-22-15(9-18)6-7-35-22;1-2/h1-10,12-13,21,29H,11,28H2,(H,32,34)(H,30,31,33);1-2H3. The van der Waals surface area contributed by atoms with Crippen LogP contribution in [-0.4, -0.2) is 27.4 Å². The van der Waals surface area contributed by atoms with E-state index in [-0.39, 0.29) is 18.5 Å². The van der Waals surface area contributed by atoms with Gasteiger partial charge in [0.1, 0.15) is 11.3 Å². The lowest BCUT2D eigenvalue weighted by Crippen LogP contribution is -2.33. The molecule has 0 saturated heterocycles. The third-order valence-corrected chi connectivity index (χ3v) is 5.96. The summed E-state index contributed by atoms with van der Waals surface area (Å²) in [5.41, 5.74) is 9.77. The maximum atomic E-state index is 12.9. The van der Waals surface area contributed by atoms with Gasteiger partial charge >= 0.3 is 0 Å². The van der Waals surface area contributed by atoms with Gasteiger partial charge in [0.15, 0.2) is 0 Å². The van der Waals surface area contributed by atoms with E-state index in [1.54, 1.807) is 30.7 Å². The van der Waals surface area contributed by atoms with Gasteiger partial charge in [-0.1, -0.05) is 49.2 Å². The fourth-order valence-electron chi connectivity index (χ4n) is 3.70. The lowest BCUT2D eigenvalue weighted by atomic mass is 10.1. The molecule has 5 N–H and O–H groups in total. The van der Waals surface area contributed by atoms with E-state index >= 15 is 0 Å². The summed E-state index contributed by atoms with van der Waals surface area (Å²) in [5.74, 6) is 0.0483. The predicted octanol–water partition coefficient (Wildman–Crippen LogP) is 6.72. The molecule has 0 radical (unpaired) electrons. The number of carbonyl (C=O) groups excluding carboxylic acids is 1. The number of anilines is 2. The molecule has 2 aromatic carbocycles. The van der Waals surface area contributed by atoms with E-state index < -0.39 is 0 Å². The Morgan fingerprint density at radius 3 is 2.76 bits per heavy atom. The Morgan fingerprint density at radius 2 is 1.97 bits per heavy atom. The minimum Gasteiger partial charge on any atom is -0.464 e. The lowest BCUT2D eigenvalue weighted by molar-refractivity contribution is 0.0933. The first-order valence-electron chi connectivity index (χ1n) is 11.7. The van der Waals surface area contributed by atoms with Crippen molar-refractivity contribution in [1.29, 1.82) is 0 Å². The topological polar surface area (TPSA) is 122 Å². The maximum Gasteiger partial charge on any atom is 0.268 e. The van der Waals surface area contributed by atoms with E-state index in [0.29, 0.717) is 32.9 Å². The number of halogens is 2. The number of benzene rings is 2. The highest BCUT2D eigenvalue weighted by molar-refractivity contribution is 6.33. The highest BCUT2D eigenvalue weighted by Gasteiger charge is 2.18. The molecule has 0 spiro atoms. The fraction of sp³-hybridized carbons (Fsp3) is 0.148. The zero-order valence-corrected chi connectivity index (χ0v) is 21.8. The van der Waals surface area contributed by atoms with Crippen molar-refractivity contribution in [3.05, 3.63) is 94.6 Å². The number of hydrogen-bond acceptors (Lipinski definition) is 6. The monoisotopic (exact) mass is 536 g/mol. The van der Waals surface area contributed by atoms with E-state index in [0.717, 1.165) is 22.2 Å². The van der Waals surface area contributed by atoms with Gasteiger partial charge in [0.2, 0.25) is 5.95 Å². The molecule has 3 heterocycles. The highest BCUT2D eigenvalue weighted by Crippen LogP contribution is 2.29. The Morgan fingerprint density at radius 1 is 1.14 bits per heavy atom. The largest absolute Gasteiger partial charge is 0.464 e. The SMILES string of the molecule is CC.NCC(NC(=O)c1cc(-c2nc(Nc3ccc4occc4c3)ncc2Cl)c[nH]1)c1cccc(Cl)c1. The summed E-state index contributed by atoms with van der Waals surface area (Å²) in [4.78, 5) is 24.7. The molecule has 5 rings (SSSR count). The van der Waals surface area contributed by atoms with Crippen LogP contribution >= 0.6 is 23.2 Å². The van der Waals surface area contributed by atoms with Crippen LogP contribution in [0.1, 0.15) is 35.9 Å². The molecule has 8 nitrogen and oxygen atoms in total. The molecule has 190 valence electrons. The van der Waals surface area contributed by atoms with E-state index in [1.807, 2.05) is 50.2 Å². The molecule has 0 aliphatic heterocycles. The third kappa shape index (κ3) is 6.11. The van der Waals surface area contributed by atoms with Crippen molar-refractivity contribution in [2.24, 2.45) is 5.73 Å². The summed E-state index contributed by atoms with van der Waals surface area (Å²) in [6, 6.07) is 16.1. The number of nitrogens with one attached hydrogen (secondary N) is 3. The van der Waals surface area contributed by atoms with E-state index in [1.165, 1.54) is 6.20 Å². The van der Waals surface area contributed by atoms with Crippen molar-refractivity contribution in [2.45, 2.75) is 19.9 Å². The van der Waals surface area contributed by atoms with Gasteiger partial charge in [0.25, 0.3) is 5.91 Å². The van der Waals surface area contributed by atoms with Crippen LogP contribution in [-0.2, 0) is 0 Å². The first-order valence-corrected chi connectivity index (χ1v) is 12.5. The van der Waals surface area contributed by atoms with Crippen LogP contribution in [0.2, 0.25) is 10.0 Å². The predicted molar refractivity (Wildman–Crippen MR) is 148 cm³/mol. The number of rotatable bonds is 7. The summed E-state index contributed by atoms with van der Waals surface area (Å²) in [7, 11) is 0. The van der Waals surface area contributed by atoms with E-state index in [4.69, 9.17) is 33.4 Å². The number of amides is 1. The second kappa shape index (κ2) is 11.9. The first kappa shape index (κ1) is 26.2. The minimum atomic E-state index is -0.390. The molecule has 0 bridgehead atoms. The lowest BCUT2D eigenvalue weighted by Gasteiger charge is -2.17. The van der Waals surface area contributed by atoms with E-state index in [2.05, 4.69) is 25.6 Å². The van der Waals surface area contributed by atoms with Crippen LogP contribution in [0.15, 0.2) is 77.7 Å². The molecule has 1 atom stereocenters. The van der Waals surface area contributed by atoms with Crippen molar-refractivity contribution >= 4 is 51.7 Å². The average molecular weight is 537 g/mol. The summed E-state index contributed by atoms with van der Waals surface area (Å²) < 4.78 is 5.37. The molecule has 1 unspecified atom stereocenters. The van der Waals surface area contributed by atoms with Crippen molar-refractivity contribution < 1.29 is 9.21 Å². The molecule has 1 amide bonds. The third-order valence-electron chi connectivity index (χ3n) is 5.45. The molecule has 0 fully saturated rings. The molecule has 3 aromatic heterocycles. The molecule has 10 heteroatoms. The molecule has 37 heavy (non-hydrogen) atoms. The summed E-state index contributed by atoms with van der Waals surface area (Å²) in [5, 5.41) is 7.98. The Balaban J connectivity index is 0.00000156. The summed E-state index contributed by atoms with van der Waals surface area (Å²) in [6.45, 7) is 4.22. The van der Waals surface area contributed by atoms with Gasteiger partial charge in [-0.05, 0) is 48.0 Å². The zero-order chi connectivity index (χ0) is 26.4. The summed E-state index contributed by atoms with van der Waals surface area (Å²) >= 11 is 12.5. The number of H-pyrrole nitrogens is 1. The van der Waals surface area contributed by atoms with Crippen LogP contribution < -0.4 is 16.4 Å². The molecular formula is C27H26Cl2N6O2. The number of carbonyl (C=O) groups is 1. The van der Waals surface area contributed by atoms with Gasteiger partial charge in [-0.3, -0.25) is 4.79 Å². The molecular weight excluding hydrogens is 511 g/mol. The normalized spacial score (nSPS) is 11.5. The van der Waals surface area contributed by atoms with Gasteiger partial charge in [-0.15, -0.1) is 0 Å². The minimum absolute atomic E-state index is 0.219. The maximum absolute atomic E-state index is 12.9. The first-order chi connectivity index (χ1) is 18.0. The number of aromatic nitrogens is 3. The smallest absolute Gasteiger partial charge is 0.268 e. The number of furan rings is 1. The Bertz CT molecular complexity index is 1510. The number of aromatic amines is 1. The van der Waals surface area contributed by atoms with Crippen molar-refractivity contribution in [1.82, 2.24) is 20.3 Å². The number of nitrogens with zero attached hydrogens (tertiary/aromatic N) is 2. The van der Waals surface area contributed by atoms with Crippen molar-refractivity contribution in [3.63, 3.8) is 0 Å². The van der Waals surface area contributed by atoms with Crippen LogP contribution in [0.25, 0.3) is 22.2 Å². The second-order valence-electron chi connectivity index (χ2n) is 7.81. The molecule has 0 aliphatic rings. The van der Waals surface area contributed by atoms with Crippen LogP contribution in [0.4, 0.5) is 11.6 Å². The number of nitrogens with two attached hydrogens (primary N) is 1. The molecule has 0 saturated carbocycles. The zero-order valence-electron chi connectivity index (χ0n) is 20.3. The molecule has 5 aromatic rings. The summed E-state index contributed by atoms with van der Waals surface area (Å²) in [6.07, 6.45) is 4.82. The van der Waals surface area contributed by atoms with Gasteiger partial charge < -0.3 is 25.8 Å². The fourth-order valence-corrected chi connectivity index (χ4v) is 4.10. The van der Waals surface area contributed by atoms with Crippen LogP contribution in [0.5, 0.6) is 0 Å². The van der Waals surface area contributed by atoms with Crippen molar-refractivity contribution in [2.75, 3.05) is 11.9 Å². The number of fused-ring (bicyclic) bond motifs is 1. The highest BCUT2D eigenvalue weighted by atomic mass is 35.5. The van der Waals surface area contributed by atoms with E-state index in [9.17, 15) is 4.79 Å². The average Bonchev–Trinajstić information content (AvgIpc) is 3.59. The van der Waals surface area contributed by atoms with Crippen LogP contribution in [0, 0.1) is 0 Å². The second-order valence-corrected chi connectivity index (χ2v) is 8.65. The van der Waals surface area contributed by atoms with Gasteiger partial charge in [0, 0.05) is 34.4 Å². The van der Waals surface area contributed by atoms with Crippen LogP contribution in [0.3, 0.4) is 0 Å². The molecule has 0 aliphatic carbocycles. The van der Waals surface area contributed by atoms with Gasteiger partial charge in [0.05, 0.1) is 29.2 Å². The van der Waals surface area contributed by atoms with Crippen molar-refractivity contribution in [3.8, 4) is 11.3 Å². The van der Waals surface area contributed by atoms with Gasteiger partial charge in [-0.25, -0.2) is 9.97 Å². The Kier molecular flexibility index (Phi) is 8.45. The van der Waals surface area contributed by atoms with Gasteiger partial charge in [-0.2, -0.15) is 0 Å². The Hall–Kier alpha value is -3.85.